The van der Waals surface area contributed by atoms with Crippen LogP contribution in [0.15, 0.2) is 41.0 Å². The first-order chi connectivity index (χ1) is 15.4. The summed E-state index contributed by atoms with van der Waals surface area (Å²) in [6, 6.07) is 7.79. The van der Waals surface area contributed by atoms with Crippen molar-refractivity contribution in [1.29, 1.82) is 0 Å². The van der Waals surface area contributed by atoms with Crippen LogP contribution >= 0.6 is 0 Å². The van der Waals surface area contributed by atoms with Crippen molar-refractivity contribution in [2.24, 2.45) is 0 Å². The second-order valence-electron chi connectivity index (χ2n) is 8.83. The van der Waals surface area contributed by atoms with Crippen LogP contribution in [0.3, 0.4) is 0 Å². The van der Waals surface area contributed by atoms with Gasteiger partial charge in [-0.3, -0.25) is 9.59 Å². The number of hydrogen-bond acceptors (Lipinski definition) is 2. The minimum Gasteiger partial charge on any atom is -0.341 e. The fourth-order valence-corrected chi connectivity index (χ4v) is 4.90. The number of carbonyl (C=O) groups excluding carboxylic acids is 2. The summed E-state index contributed by atoms with van der Waals surface area (Å²) in [7, 11) is 0. The summed E-state index contributed by atoms with van der Waals surface area (Å²) in [6.45, 7) is 11.0. The van der Waals surface area contributed by atoms with Crippen molar-refractivity contribution in [3.05, 3.63) is 68.4 Å². The molecule has 4 nitrogen and oxygen atoms in total. The fourth-order valence-electron chi connectivity index (χ4n) is 4.90. The highest BCUT2D eigenvalue weighted by Gasteiger charge is 2.40. The number of allylic oxidation sites excluding steroid dienone is 1. The van der Waals surface area contributed by atoms with Gasteiger partial charge in [-0.2, -0.15) is 0 Å². The molecule has 1 saturated heterocycles. The van der Waals surface area contributed by atoms with Crippen LogP contribution in [0.4, 0.5) is 5.69 Å². The Balaban J connectivity index is 1.86. The van der Waals surface area contributed by atoms with Crippen molar-refractivity contribution in [2.75, 3.05) is 4.90 Å². The molecule has 0 unspecified atom stereocenters. The maximum Gasteiger partial charge on any atom is 0.266 e. The Morgan fingerprint density at radius 2 is 1.69 bits per heavy atom. The van der Waals surface area contributed by atoms with E-state index in [-0.39, 0.29) is 11.8 Å². The van der Waals surface area contributed by atoms with Crippen LogP contribution in [0, 0.1) is 6.92 Å². The minimum atomic E-state index is -0.247. The number of benzene rings is 1. The number of imide groups is 1. The monoisotopic (exact) mass is 428 g/mol. The first-order valence-electron chi connectivity index (χ1n) is 11.7. The number of aromatic nitrogens is 1. The molecule has 1 aromatic carbocycles. The number of carbonyl (C=O) groups is 2. The summed E-state index contributed by atoms with van der Waals surface area (Å²) < 4.78 is 2.26. The highest BCUT2D eigenvalue weighted by molar-refractivity contribution is 6.38. The van der Waals surface area contributed by atoms with Crippen molar-refractivity contribution in [3.63, 3.8) is 0 Å². The van der Waals surface area contributed by atoms with Crippen molar-refractivity contribution < 1.29 is 9.59 Å². The molecule has 0 saturated carbocycles. The summed E-state index contributed by atoms with van der Waals surface area (Å²) in [5, 5.41) is 2.48. The SMILES string of the molecule is CCCc1ccc(N2C(=O)C(=C(C)C)/C(=C\c3c(C)c4c(n3CC)=CCCC=4)C2=O)cc1. The van der Waals surface area contributed by atoms with Gasteiger partial charge >= 0.3 is 0 Å². The fraction of sp³-hybridized carbons (Fsp3) is 0.357. The summed E-state index contributed by atoms with van der Waals surface area (Å²) in [4.78, 5) is 28.3. The molecule has 0 bridgehead atoms. The maximum atomic E-state index is 13.6. The number of rotatable bonds is 5. The van der Waals surface area contributed by atoms with Crippen molar-refractivity contribution >= 4 is 35.7 Å². The molecule has 0 atom stereocenters. The lowest BCUT2D eigenvalue weighted by atomic mass is 10.0. The van der Waals surface area contributed by atoms with Gasteiger partial charge in [0, 0.05) is 17.6 Å². The lowest BCUT2D eigenvalue weighted by Crippen LogP contribution is -2.31. The van der Waals surface area contributed by atoms with E-state index in [1.165, 1.54) is 26.6 Å². The van der Waals surface area contributed by atoms with E-state index in [1.807, 2.05) is 44.2 Å². The van der Waals surface area contributed by atoms with Crippen molar-refractivity contribution in [1.82, 2.24) is 4.57 Å². The van der Waals surface area contributed by atoms with E-state index < -0.39 is 0 Å². The number of nitrogens with zero attached hydrogens (tertiary/aromatic N) is 2. The van der Waals surface area contributed by atoms with E-state index in [0.717, 1.165) is 43.5 Å². The van der Waals surface area contributed by atoms with Gasteiger partial charge in [0.05, 0.1) is 16.8 Å². The lowest BCUT2D eigenvalue weighted by molar-refractivity contribution is -0.119. The molecule has 2 aromatic rings. The molecule has 4 heteroatoms. The van der Waals surface area contributed by atoms with Crippen LogP contribution in [-0.2, 0) is 22.6 Å². The van der Waals surface area contributed by atoms with Crippen LogP contribution < -0.4 is 15.5 Å². The molecule has 4 rings (SSSR count). The van der Waals surface area contributed by atoms with Crippen molar-refractivity contribution in [3.8, 4) is 0 Å². The molecule has 2 aliphatic rings. The topological polar surface area (TPSA) is 42.3 Å². The summed E-state index contributed by atoms with van der Waals surface area (Å²) in [5.41, 5.74) is 5.88. The van der Waals surface area contributed by atoms with Crippen molar-refractivity contribution in [2.45, 2.75) is 66.8 Å². The van der Waals surface area contributed by atoms with E-state index in [0.29, 0.717) is 16.8 Å². The number of anilines is 1. The van der Waals surface area contributed by atoms with Crippen LogP contribution in [0.5, 0.6) is 0 Å². The molecule has 0 spiro atoms. The van der Waals surface area contributed by atoms with E-state index >= 15 is 0 Å². The first-order valence-corrected chi connectivity index (χ1v) is 11.7. The molecular weight excluding hydrogens is 396 g/mol. The zero-order valence-electron chi connectivity index (χ0n) is 19.8. The quantitative estimate of drug-likeness (QED) is 0.523. The zero-order chi connectivity index (χ0) is 23.0. The number of fused-ring (bicyclic) bond motifs is 1. The molecule has 32 heavy (non-hydrogen) atoms. The van der Waals surface area contributed by atoms with Crippen LogP contribution in [0.2, 0.25) is 0 Å². The van der Waals surface area contributed by atoms with Gasteiger partial charge in [-0.05, 0) is 81.5 Å². The molecular formula is C28H32N2O2. The van der Waals surface area contributed by atoms with Gasteiger partial charge in [0.25, 0.3) is 11.8 Å². The lowest BCUT2D eigenvalue weighted by Gasteiger charge is -2.14. The molecule has 2 amide bonds. The smallest absolute Gasteiger partial charge is 0.266 e. The van der Waals surface area contributed by atoms with Crippen LogP contribution in [-0.4, -0.2) is 16.4 Å². The van der Waals surface area contributed by atoms with Gasteiger partial charge in [-0.25, -0.2) is 4.90 Å². The Hall–Kier alpha value is -3.14. The molecule has 1 aliphatic carbocycles. The third kappa shape index (κ3) is 3.58. The standard InChI is InChI=1S/C28H32N2O2/c1-6-10-20-13-15-21(16-14-20)30-27(31)23(26(18(3)4)28(30)32)17-25-19(5)22-11-8-9-12-24(22)29(25)7-2/h11-17H,6-10H2,1-5H3/b23-17+. The Morgan fingerprint density at radius 1 is 1.00 bits per heavy atom. The molecule has 0 N–H and O–H groups in total. The third-order valence-electron chi connectivity index (χ3n) is 6.45. The normalized spacial score (nSPS) is 17.0. The first kappa shape index (κ1) is 22.1. The molecule has 166 valence electrons. The van der Waals surface area contributed by atoms with Gasteiger partial charge in [-0.15, -0.1) is 0 Å². The Labute approximate surface area is 190 Å². The molecule has 1 fully saturated rings. The van der Waals surface area contributed by atoms with E-state index in [1.54, 1.807) is 0 Å². The van der Waals surface area contributed by atoms with E-state index in [9.17, 15) is 9.59 Å². The van der Waals surface area contributed by atoms with Gasteiger partial charge in [0.1, 0.15) is 0 Å². The molecule has 1 aliphatic heterocycles. The second kappa shape index (κ2) is 8.78. The predicted molar refractivity (Wildman–Crippen MR) is 132 cm³/mol. The zero-order valence-corrected chi connectivity index (χ0v) is 19.8. The third-order valence-corrected chi connectivity index (χ3v) is 6.45. The van der Waals surface area contributed by atoms with Crippen LogP contribution in [0.25, 0.3) is 18.2 Å². The molecule has 0 radical (unpaired) electrons. The average Bonchev–Trinajstić information content (AvgIpc) is 3.19. The Kier molecular flexibility index (Phi) is 6.05. The van der Waals surface area contributed by atoms with Gasteiger partial charge in [0.15, 0.2) is 0 Å². The average molecular weight is 429 g/mol. The molecule has 2 heterocycles. The highest BCUT2D eigenvalue weighted by atomic mass is 16.2. The van der Waals surface area contributed by atoms with Gasteiger partial charge in [-0.1, -0.05) is 43.2 Å². The maximum absolute atomic E-state index is 13.6. The summed E-state index contributed by atoms with van der Waals surface area (Å²) in [6.07, 6.45) is 10.6. The number of aryl methyl sites for hydroxylation is 1. The summed E-state index contributed by atoms with van der Waals surface area (Å²) >= 11 is 0. The number of hydrogen-bond donors (Lipinski definition) is 0. The van der Waals surface area contributed by atoms with E-state index in [2.05, 4.69) is 37.5 Å². The van der Waals surface area contributed by atoms with E-state index in [4.69, 9.17) is 0 Å². The summed E-state index contributed by atoms with van der Waals surface area (Å²) in [5.74, 6) is -0.483. The van der Waals surface area contributed by atoms with Gasteiger partial charge in [0.2, 0.25) is 0 Å². The highest BCUT2D eigenvalue weighted by Crippen LogP contribution is 2.33. The Bertz CT molecular complexity index is 1270. The minimum absolute atomic E-state index is 0.236. The predicted octanol–water partition coefficient (Wildman–Crippen LogP) is 4.42. The number of amides is 2. The van der Waals surface area contributed by atoms with Crippen LogP contribution in [0.1, 0.15) is 63.8 Å². The largest absolute Gasteiger partial charge is 0.341 e. The van der Waals surface area contributed by atoms with Gasteiger partial charge < -0.3 is 4.57 Å². The second-order valence-corrected chi connectivity index (χ2v) is 8.83. The Morgan fingerprint density at radius 3 is 2.31 bits per heavy atom. The molecule has 1 aromatic heterocycles.